The Bertz CT molecular complexity index is 575. The van der Waals surface area contributed by atoms with Crippen LogP contribution in [0.15, 0.2) is 24.3 Å². The van der Waals surface area contributed by atoms with Gasteiger partial charge in [0.25, 0.3) is 5.69 Å². The Hall–Kier alpha value is -2.19. The van der Waals surface area contributed by atoms with Crippen LogP contribution in [0.3, 0.4) is 0 Å². The molecule has 1 unspecified atom stereocenters. The standard InChI is InChI=1S/C16H22N2O6/c1-16(2,3)23-15(19)17(24-14-6-4-5-11-22-14)12-7-9-13(10-8-12)18(20)21/h7-10,14H,4-6,11H2,1-3H3. The summed E-state index contributed by atoms with van der Waals surface area (Å²) < 4.78 is 10.8. The number of hydrogen-bond acceptors (Lipinski definition) is 6. The number of non-ortho nitro benzene ring substituents is 1. The molecule has 0 spiro atoms. The molecule has 1 fully saturated rings. The summed E-state index contributed by atoms with van der Waals surface area (Å²) in [6, 6.07) is 5.48. The minimum Gasteiger partial charge on any atom is -0.442 e. The van der Waals surface area contributed by atoms with Gasteiger partial charge < -0.3 is 9.47 Å². The Morgan fingerprint density at radius 1 is 1.29 bits per heavy atom. The zero-order chi connectivity index (χ0) is 17.7. The van der Waals surface area contributed by atoms with Crippen LogP contribution in [0.25, 0.3) is 0 Å². The molecule has 0 aromatic heterocycles. The van der Waals surface area contributed by atoms with Crippen molar-refractivity contribution in [1.82, 2.24) is 0 Å². The Morgan fingerprint density at radius 2 is 1.96 bits per heavy atom. The molecule has 1 aromatic carbocycles. The molecule has 1 atom stereocenters. The van der Waals surface area contributed by atoms with Crippen molar-refractivity contribution in [2.24, 2.45) is 0 Å². The van der Waals surface area contributed by atoms with Crippen LogP contribution in [0.2, 0.25) is 0 Å². The lowest BCUT2D eigenvalue weighted by Gasteiger charge is -2.31. The van der Waals surface area contributed by atoms with E-state index in [1.807, 2.05) is 0 Å². The molecule has 1 saturated heterocycles. The van der Waals surface area contributed by atoms with Crippen molar-refractivity contribution >= 4 is 17.5 Å². The second kappa shape index (κ2) is 7.59. The smallest absolute Gasteiger partial charge is 0.439 e. The van der Waals surface area contributed by atoms with Gasteiger partial charge in [-0.2, -0.15) is 5.06 Å². The molecule has 0 bridgehead atoms. The lowest BCUT2D eigenvalue weighted by molar-refractivity contribution is -0.384. The summed E-state index contributed by atoms with van der Waals surface area (Å²) in [6.07, 6.45) is 1.29. The van der Waals surface area contributed by atoms with Gasteiger partial charge in [-0.05, 0) is 45.7 Å². The molecule has 132 valence electrons. The van der Waals surface area contributed by atoms with Crippen molar-refractivity contribution in [3.05, 3.63) is 34.4 Å². The van der Waals surface area contributed by atoms with E-state index in [9.17, 15) is 14.9 Å². The molecule has 1 amide bonds. The highest BCUT2D eigenvalue weighted by molar-refractivity contribution is 5.85. The first-order valence-electron chi connectivity index (χ1n) is 7.82. The number of nitrogens with zero attached hydrogens (tertiary/aromatic N) is 2. The molecule has 1 aliphatic heterocycles. The zero-order valence-electron chi connectivity index (χ0n) is 14.1. The van der Waals surface area contributed by atoms with Crippen molar-refractivity contribution in [3.63, 3.8) is 0 Å². The van der Waals surface area contributed by atoms with Crippen molar-refractivity contribution in [1.29, 1.82) is 0 Å². The number of nitro benzene ring substituents is 1. The summed E-state index contributed by atoms with van der Waals surface area (Å²) in [5, 5.41) is 11.8. The second-order valence-corrected chi connectivity index (χ2v) is 6.45. The fraction of sp³-hybridized carbons (Fsp3) is 0.562. The monoisotopic (exact) mass is 338 g/mol. The summed E-state index contributed by atoms with van der Waals surface area (Å²) in [4.78, 5) is 28.4. The van der Waals surface area contributed by atoms with E-state index < -0.39 is 22.9 Å². The summed E-state index contributed by atoms with van der Waals surface area (Å²) in [7, 11) is 0. The molecule has 0 saturated carbocycles. The third-order valence-electron chi connectivity index (χ3n) is 3.22. The number of amides is 1. The van der Waals surface area contributed by atoms with Gasteiger partial charge in [0.05, 0.1) is 10.6 Å². The minimum atomic E-state index is -0.703. The van der Waals surface area contributed by atoms with Crippen molar-refractivity contribution < 1.29 is 24.0 Å². The van der Waals surface area contributed by atoms with Crippen LogP contribution in [0.4, 0.5) is 16.2 Å². The molecule has 0 N–H and O–H groups in total. The van der Waals surface area contributed by atoms with Gasteiger partial charge in [-0.3, -0.25) is 10.1 Å². The number of nitro groups is 1. The molecule has 2 rings (SSSR count). The molecule has 1 heterocycles. The molecule has 1 aliphatic rings. The van der Waals surface area contributed by atoms with Gasteiger partial charge in [0.1, 0.15) is 5.60 Å². The predicted octanol–water partition coefficient (Wildman–Crippen LogP) is 3.79. The van der Waals surface area contributed by atoms with Gasteiger partial charge in [0, 0.05) is 25.2 Å². The van der Waals surface area contributed by atoms with Crippen LogP contribution < -0.4 is 5.06 Å². The number of hydroxylamine groups is 1. The maximum Gasteiger partial charge on any atom is 0.439 e. The average Bonchev–Trinajstić information content (AvgIpc) is 2.52. The third kappa shape index (κ3) is 5.17. The zero-order valence-corrected chi connectivity index (χ0v) is 14.1. The SMILES string of the molecule is CC(C)(C)OC(=O)N(OC1CCCCO1)c1ccc([N+](=O)[O-])cc1. The topological polar surface area (TPSA) is 91.1 Å². The number of carbonyl (C=O) groups excluding carboxylic acids is 1. The number of anilines is 1. The number of hydrogen-bond donors (Lipinski definition) is 0. The molecular weight excluding hydrogens is 316 g/mol. The molecular formula is C16H22N2O6. The lowest BCUT2D eigenvalue weighted by Crippen LogP contribution is -2.41. The Morgan fingerprint density at radius 3 is 2.46 bits per heavy atom. The van der Waals surface area contributed by atoms with Crippen LogP contribution in [0, 0.1) is 10.1 Å². The molecule has 1 aromatic rings. The largest absolute Gasteiger partial charge is 0.442 e. The van der Waals surface area contributed by atoms with Crippen LogP contribution >= 0.6 is 0 Å². The number of rotatable bonds is 4. The molecule has 8 nitrogen and oxygen atoms in total. The van der Waals surface area contributed by atoms with E-state index in [1.54, 1.807) is 20.8 Å². The van der Waals surface area contributed by atoms with Crippen LogP contribution in [0.5, 0.6) is 0 Å². The Balaban J connectivity index is 2.20. The highest BCUT2D eigenvalue weighted by Crippen LogP contribution is 2.25. The van der Waals surface area contributed by atoms with Gasteiger partial charge in [-0.15, -0.1) is 0 Å². The predicted molar refractivity (Wildman–Crippen MR) is 86.5 cm³/mol. The first-order valence-corrected chi connectivity index (χ1v) is 7.82. The lowest BCUT2D eigenvalue weighted by atomic mass is 10.2. The summed E-state index contributed by atoms with van der Waals surface area (Å²) >= 11 is 0. The summed E-state index contributed by atoms with van der Waals surface area (Å²) in [5.74, 6) is 0. The fourth-order valence-corrected chi connectivity index (χ4v) is 2.13. The van der Waals surface area contributed by atoms with E-state index in [4.69, 9.17) is 14.3 Å². The fourth-order valence-electron chi connectivity index (χ4n) is 2.13. The van der Waals surface area contributed by atoms with Gasteiger partial charge >= 0.3 is 6.09 Å². The molecule has 0 aliphatic carbocycles. The van der Waals surface area contributed by atoms with Crippen molar-refractivity contribution in [2.45, 2.75) is 51.9 Å². The summed E-state index contributed by atoms with van der Waals surface area (Å²) in [6.45, 7) is 5.80. The highest BCUT2D eigenvalue weighted by atomic mass is 16.8. The maximum absolute atomic E-state index is 12.4. The van der Waals surface area contributed by atoms with Gasteiger partial charge in [0.2, 0.25) is 0 Å². The van der Waals surface area contributed by atoms with E-state index in [0.717, 1.165) is 17.9 Å². The summed E-state index contributed by atoms with van der Waals surface area (Å²) in [5.41, 5.74) is -0.437. The van der Waals surface area contributed by atoms with E-state index in [0.29, 0.717) is 18.7 Å². The van der Waals surface area contributed by atoms with E-state index in [2.05, 4.69) is 0 Å². The number of ether oxygens (including phenoxy) is 2. The van der Waals surface area contributed by atoms with Gasteiger partial charge in [-0.25, -0.2) is 9.63 Å². The van der Waals surface area contributed by atoms with E-state index in [-0.39, 0.29) is 5.69 Å². The molecule has 8 heteroatoms. The third-order valence-corrected chi connectivity index (χ3v) is 3.22. The average molecular weight is 338 g/mol. The molecule has 24 heavy (non-hydrogen) atoms. The quantitative estimate of drug-likeness (QED) is 0.612. The first-order chi connectivity index (χ1) is 11.3. The number of carbonyl (C=O) groups is 1. The van der Waals surface area contributed by atoms with Crippen molar-refractivity contribution in [2.75, 3.05) is 11.7 Å². The Kier molecular flexibility index (Phi) is 5.74. The van der Waals surface area contributed by atoms with Crippen LogP contribution in [-0.4, -0.2) is 29.5 Å². The maximum atomic E-state index is 12.4. The van der Waals surface area contributed by atoms with Gasteiger partial charge in [0.15, 0.2) is 6.29 Å². The van der Waals surface area contributed by atoms with Crippen LogP contribution in [-0.2, 0) is 14.3 Å². The second-order valence-electron chi connectivity index (χ2n) is 6.45. The Labute approximate surface area is 140 Å². The minimum absolute atomic E-state index is 0.0724. The number of benzene rings is 1. The van der Waals surface area contributed by atoms with E-state index >= 15 is 0 Å². The van der Waals surface area contributed by atoms with Crippen molar-refractivity contribution in [3.8, 4) is 0 Å². The first kappa shape index (κ1) is 18.2. The highest BCUT2D eigenvalue weighted by Gasteiger charge is 2.28. The van der Waals surface area contributed by atoms with Gasteiger partial charge in [-0.1, -0.05) is 0 Å². The normalized spacial score (nSPS) is 18.0. The van der Waals surface area contributed by atoms with Crippen LogP contribution in [0.1, 0.15) is 40.0 Å². The molecule has 0 radical (unpaired) electrons. The van der Waals surface area contributed by atoms with E-state index in [1.165, 1.54) is 24.3 Å².